The van der Waals surface area contributed by atoms with Crippen LogP contribution >= 0.6 is 0 Å². The number of rotatable bonds is 7. The van der Waals surface area contributed by atoms with E-state index in [0.717, 1.165) is 0 Å². The fourth-order valence-corrected chi connectivity index (χ4v) is 1.91. The Morgan fingerprint density at radius 3 is 2.78 bits per heavy atom. The summed E-state index contributed by atoms with van der Waals surface area (Å²) in [6.07, 6.45) is 0.103. The van der Waals surface area contributed by atoms with Crippen LogP contribution in [0, 0.1) is 0 Å². The highest BCUT2D eigenvalue weighted by Gasteiger charge is 2.13. The molecule has 9 nitrogen and oxygen atoms in total. The van der Waals surface area contributed by atoms with Crippen molar-refractivity contribution in [2.75, 3.05) is 25.1 Å². The minimum atomic E-state index is -0.491. The van der Waals surface area contributed by atoms with Crippen LogP contribution in [0.4, 0.5) is 10.7 Å². The molecule has 0 atom stereocenters. The summed E-state index contributed by atoms with van der Waals surface area (Å²) in [6, 6.07) is 4.80. The van der Waals surface area contributed by atoms with Crippen LogP contribution in [0.5, 0.6) is 5.88 Å². The zero-order chi connectivity index (χ0) is 16.7. The number of amides is 2. The predicted molar refractivity (Wildman–Crippen MR) is 82.4 cm³/mol. The topological polar surface area (TPSA) is 107 Å². The number of anilines is 1. The van der Waals surface area contributed by atoms with Gasteiger partial charge in [-0.2, -0.15) is 0 Å². The number of urea groups is 1. The Morgan fingerprint density at radius 2 is 2.04 bits per heavy atom. The smallest absolute Gasteiger partial charge is 0.321 e. The van der Waals surface area contributed by atoms with Crippen LogP contribution in [0.25, 0.3) is 5.65 Å². The molecule has 0 bridgehead atoms. The van der Waals surface area contributed by atoms with Crippen molar-refractivity contribution in [3.8, 4) is 5.88 Å². The van der Waals surface area contributed by atoms with Crippen LogP contribution in [0.1, 0.15) is 20.3 Å². The maximum absolute atomic E-state index is 11.9. The molecule has 0 aliphatic heterocycles. The van der Waals surface area contributed by atoms with E-state index < -0.39 is 6.03 Å². The zero-order valence-electron chi connectivity index (χ0n) is 13.0. The van der Waals surface area contributed by atoms with Gasteiger partial charge in [-0.25, -0.2) is 9.20 Å². The Balaban J connectivity index is 1.98. The molecule has 0 saturated heterocycles. The fraction of sp³-hybridized carbons (Fsp3) is 0.429. The lowest BCUT2D eigenvalue weighted by Crippen LogP contribution is -2.31. The molecule has 23 heavy (non-hydrogen) atoms. The predicted octanol–water partition coefficient (Wildman–Crippen LogP) is 1.20. The fourth-order valence-electron chi connectivity index (χ4n) is 1.91. The first-order chi connectivity index (χ1) is 11.2. The van der Waals surface area contributed by atoms with Crippen molar-refractivity contribution >= 4 is 23.6 Å². The quantitative estimate of drug-likeness (QED) is 0.742. The monoisotopic (exact) mass is 321 g/mol. The third-order valence-corrected chi connectivity index (χ3v) is 2.83. The van der Waals surface area contributed by atoms with Crippen LogP contribution in [-0.2, 0) is 9.53 Å². The number of fused-ring (bicyclic) bond motifs is 1. The lowest BCUT2D eigenvalue weighted by molar-refractivity contribution is -0.142. The number of esters is 1. The largest absolute Gasteiger partial charge is 0.479 e. The number of nitrogens with one attached hydrogen (secondary N) is 2. The van der Waals surface area contributed by atoms with Crippen LogP contribution in [0.3, 0.4) is 0 Å². The normalized spacial score (nSPS) is 10.3. The number of hydrogen-bond donors (Lipinski definition) is 2. The first-order valence-corrected chi connectivity index (χ1v) is 7.33. The van der Waals surface area contributed by atoms with Gasteiger partial charge in [0.1, 0.15) is 0 Å². The molecule has 0 unspecified atom stereocenters. The Hall–Kier alpha value is -2.84. The second-order valence-electron chi connectivity index (χ2n) is 4.45. The van der Waals surface area contributed by atoms with E-state index in [0.29, 0.717) is 24.7 Å². The second kappa shape index (κ2) is 7.97. The molecule has 0 saturated carbocycles. The summed E-state index contributed by atoms with van der Waals surface area (Å²) >= 11 is 0. The molecule has 2 heterocycles. The third kappa shape index (κ3) is 4.31. The van der Waals surface area contributed by atoms with Crippen molar-refractivity contribution in [3.63, 3.8) is 0 Å². The number of carbonyl (C=O) groups is 2. The van der Waals surface area contributed by atoms with Gasteiger partial charge in [0.25, 0.3) is 0 Å². The molecule has 0 aliphatic carbocycles. The number of ether oxygens (including phenoxy) is 2. The summed E-state index contributed by atoms with van der Waals surface area (Å²) in [4.78, 5) is 23.1. The first-order valence-electron chi connectivity index (χ1n) is 7.33. The van der Waals surface area contributed by atoms with Crippen molar-refractivity contribution in [2.45, 2.75) is 20.3 Å². The number of hydrogen-bond acceptors (Lipinski definition) is 6. The Kier molecular flexibility index (Phi) is 5.73. The van der Waals surface area contributed by atoms with E-state index in [1.165, 1.54) is 0 Å². The molecule has 2 rings (SSSR count). The van der Waals surface area contributed by atoms with Gasteiger partial charge in [-0.3, -0.25) is 10.1 Å². The summed E-state index contributed by atoms with van der Waals surface area (Å²) in [5.74, 6) is 0.397. The van der Waals surface area contributed by atoms with Crippen molar-refractivity contribution in [1.29, 1.82) is 0 Å². The van der Waals surface area contributed by atoms with Gasteiger partial charge >= 0.3 is 12.0 Å². The van der Waals surface area contributed by atoms with Gasteiger partial charge in [-0.15, -0.1) is 10.2 Å². The van der Waals surface area contributed by atoms with Gasteiger partial charge in [-0.1, -0.05) is 6.07 Å². The third-order valence-electron chi connectivity index (χ3n) is 2.83. The first kappa shape index (κ1) is 16.5. The van der Waals surface area contributed by atoms with Gasteiger partial charge in [0.2, 0.25) is 11.8 Å². The molecular weight excluding hydrogens is 302 g/mol. The average Bonchev–Trinajstić information content (AvgIpc) is 2.92. The minimum Gasteiger partial charge on any atom is -0.479 e. The molecule has 124 valence electrons. The molecule has 2 N–H and O–H groups in total. The van der Waals surface area contributed by atoms with Crippen molar-refractivity contribution < 1.29 is 19.1 Å². The Labute approximate surface area is 133 Å². The Morgan fingerprint density at radius 1 is 1.22 bits per heavy atom. The molecule has 2 aromatic heterocycles. The number of carbonyl (C=O) groups excluding carboxylic acids is 2. The molecule has 0 radical (unpaired) electrons. The standard InChI is InChI=1S/C14H19N5O4/c1-3-22-11-7-5-6-10-17-18-13(19(10)11)16-14(21)15-9-8-12(20)23-4-2/h5-7H,3-4,8-9H2,1-2H3,(H2,15,16,18,21). The van der Waals surface area contributed by atoms with E-state index in [1.54, 1.807) is 29.5 Å². The van der Waals surface area contributed by atoms with Crippen molar-refractivity contribution in [1.82, 2.24) is 19.9 Å². The van der Waals surface area contributed by atoms with Crippen LogP contribution in [0.15, 0.2) is 18.2 Å². The van der Waals surface area contributed by atoms with Crippen molar-refractivity contribution in [3.05, 3.63) is 18.2 Å². The highest BCUT2D eigenvalue weighted by molar-refractivity contribution is 5.88. The van der Waals surface area contributed by atoms with E-state index in [-0.39, 0.29) is 24.9 Å². The van der Waals surface area contributed by atoms with E-state index in [1.807, 2.05) is 6.92 Å². The van der Waals surface area contributed by atoms with E-state index >= 15 is 0 Å². The highest BCUT2D eigenvalue weighted by Crippen LogP contribution is 2.18. The SMILES string of the molecule is CCOC(=O)CCNC(=O)Nc1nnc2cccc(OCC)n12. The average molecular weight is 321 g/mol. The molecule has 0 spiro atoms. The maximum Gasteiger partial charge on any atom is 0.321 e. The maximum atomic E-state index is 11.9. The minimum absolute atomic E-state index is 0.103. The summed E-state index contributed by atoms with van der Waals surface area (Å²) < 4.78 is 11.9. The molecule has 0 aromatic carbocycles. The zero-order valence-corrected chi connectivity index (χ0v) is 13.0. The molecule has 9 heteroatoms. The van der Waals surface area contributed by atoms with Gasteiger partial charge in [0.05, 0.1) is 19.6 Å². The van der Waals surface area contributed by atoms with E-state index in [4.69, 9.17) is 9.47 Å². The molecule has 0 fully saturated rings. The van der Waals surface area contributed by atoms with Crippen molar-refractivity contribution in [2.24, 2.45) is 0 Å². The van der Waals surface area contributed by atoms with Gasteiger partial charge < -0.3 is 14.8 Å². The lowest BCUT2D eigenvalue weighted by atomic mass is 10.4. The van der Waals surface area contributed by atoms with Gasteiger partial charge in [-0.05, 0) is 26.0 Å². The molecule has 2 amide bonds. The van der Waals surface area contributed by atoms with Crippen LogP contribution < -0.4 is 15.4 Å². The molecular formula is C14H19N5O4. The van der Waals surface area contributed by atoms with Crippen LogP contribution in [0.2, 0.25) is 0 Å². The molecule has 2 aromatic rings. The van der Waals surface area contributed by atoms with Gasteiger partial charge in [0, 0.05) is 6.54 Å². The number of nitrogens with zero attached hydrogens (tertiary/aromatic N) is 3. The number of pyridine rings is 1. The summed E-state index contributed by atoms with van der Waals surface area (Å²) in [6.45, 7) is 4.54. The Bertz CT molecular complexity index is 685. The summed E-state index contributed by atoms with van der Waals surface area (Å²) in [7, 11) is 0. The molecule has 0 aliphatic rings. The number of aromatic nitrogens is 3. The lowest BCUT2D eigenvalue weighted by Gasteiger charge is -2.09. The van der Waals surface area contributed by atoms with Gasteiger partial charge in [0.15, 0.2) is 5.65 Å². The van der Waals surface area contributed by atoms with Crippen LogP contribution in [-0.4, -0.2) is 46.4 Å². The van der Waals surface area contributed by atoms with E-state index in [2.05, 4.69) is 20.8 Å². The highest BCUT2D eigenvalue weighted by atomic mass is 16.5. The summed E-state index contributed by atoms with van der Waals surface area (Å²) in [5, 5.41) is 13.0. The van der Waals surface area contributed by atoms with E-state index in [9.17, 15) is 9.59 Å². The summed E-state index contributed by atoms with van der Waals surface area (Å²) in [5.41, 5.74) is 0.553. The second-order valence-corrected chi connectivity index (χ2v) is 4.45.